The number of hydrogen-bond donors (Lipinski definition) is 1. The molecule has 1 unspecified atom stereocenters. The predicted molar refractivity (Wildman–Crippen MR) is 77.8 cm³/mol. The van der Waals surface area contributed by atoms with E-state index in [0.717, 1.165) is 0 Å². The summed E-state index contributed by atoms with van der Waals surface area (Å²) in [7, 11) is -1.50. The molecule has 3 nitrogen and oxygen atoms in total. The third kappa shape index (κ3) is 4.09. The van der Waals surface area contributed by atoms with E-state index in [1.807, 2.05) is 0 Å². The van der Waals surface area contributed by atoms with Gasteiger partial charge in [-0.25, -0.2) is 8.60 Å². The second kappa shape index (κ2) is 6.59. The molecular formula is C13H18ClFN2OS. The summed E-state index contributed by atoms with van der Waals surface area (Å²) >= 11 is 5.77. The number of hydrogen-bond acceptors (Lipinski definition) is 2. The fourth-order valence-corrected chi connectivity index (χ4v) is 2.41. The van der Waals surface area contributed by atoms with Crippen LogP contribution < -0.4 is 5.14 Å². The highest BCUT2D eigenvalue weighted by atomic mass is 35.5. The number of nitrogens with zero attached hydrogens (tertiary/aromatic N) is 1. The molecular weight excluding hydrogens is 287 g/mol. The summed E-state index contributed by atoms with van der Waals surface area (Å²) in [5.41, 5.74) is 0.269. The number of nitrogens with two attached hydrogens (primary N) is 1. The van der Waals surface area contributed by atoms with Crippen LogP contribution in [0.2, 0.25) is 5.02 Å². The number of rotatable bonds is 6. The lowest BCUT2D eigenvalue weighted by Crippen LogP contribution is -2.34. The lowest BCUT2D eigenvalue weighted by Gasteiger charge is -2.26. The van der Waals surface area contributed by atoms with Gasteiger partial charge in [0.25, 0.3) is 0 Å². The molecule has 0 radical (unpaired) electrons. The second-order valence-corrected chi connectivity index (χ2v) is 7.08. The van der Waals surface area contributed by atoms with Crippen LogP contribution in [0.25, 0.3) is 0 Å². The molecule has 6 heteroatoms. The maximum Gasteiger partial charge on any atom is 0.163 e. The zero-order valence-corrected chi connectivity index (χ0v) is 12.6. The third-order valence-corrected chi connectivity index (χ3v) is 4.54. The molecule has 1 aromatic rings. The SMILES string of the molecule is C=CC[C@H](CC(C)(C)S(N)=O)c1nccc(Cl)c1F. The molecule has 0 aliphatic carbocycles. The van der Waals surface area contributed by atoms with E-state index >= 15 is 0 Å². The predicted octanol–water partition coefficient (Wildman–Crippen LogP) is 3.32. The first-order chi connectivity index (χ1) is 8.79. The summed E-state index contributed by atoms with van der Waals surface area (Å²) in [6.07, 6.45) is 4.10. The largest absolute Gasteiger partial charge is 0.258 e. The van der Waals surface area contributed by atoms with Gasteiger partial charge in [0.15, 0.2) is 5.82 Å². The standard InChI is InChI=1S/C13H18ClFN2OS/c1-4-5-9(8-13(2,3)19(16)18)12-11(15)10(14)6-7-17-12/h4,6-7,9H,1,5,8,16H2,2-3H3/t9-,19?/m1/s1. The molecule has 0 amide bonds. The van der Waals surface area contributed by atoms with Crippen molar-refractivity contribution in [2.45, 2.75) is 37.4 Å². The first-order valence-corrected chi connectivity index (χ1v) is 7.45. The Bertz CT molecular complexity index is 494. The molecule has 2 N–H and O–H groups in total. The summed E-state index contributed by atoms with van der Waals surface area (Å²) in [5.74, 6) is -0.784. The van der Waals surface area contributed by atoms with Crippen LogP contribution in [-0.4, -0.2) is 13.9 Å². The Kier molecular flexibility index (Phi) is 5.64. The summed E-state index contributed by atoms with van der Waals surface area (Å²) in [6, 6.07) is 1.40. The third-order valence-electron chi connectivity index (χ3n) is 2.99. The van der Waals surface area contributed by atoms with E-state index in [4.69, 9.17) is 16.7 Å². The molecule has 0 aromatic carbocycles. The summed E-state index contributed by atoms with van der Waals surface area (Å²) in [6.45, 7) is 7.22. The Balaban J connectivity index is 3.11. The number of aromatic nitrogens is 1. The van der Waals surface area contributed by atoms with Crippen molar-refractivity contribution in [1.82, 2.24) is 4.98 Å². The van der Waals surface area contributed by atoms with Crippen LogP contribution in [0.5, 0.6) is 0 Å². The zero-order valence-electron chi connectivity index (χ0n) is 11.0. The minimum Gasteiger partial charge on any atom is -0.258 e. The van der Waals surface area contributed by atoms with Crippen LogP contribution >= 0.6 is 11.6 Å². The minimum atomic E-state index is -1.50. The van der Waals surface area contributed by atoms with Crippen molar-refractivity contribution in [3.63, 3.8) is 0 Å². The summed E-state index contributed by atoms with van der Waals surface area (Å²) in [5, 5.41) is 5.50. The Morgan fingerprint density at radius 2 is 2.32 bits per heavy atom. The highest BCUT2D eigenvalue weighted by molar-refractivity contribution is 7.84. The second-order valence-electron chi connectivity index (χ2n) is 4.97. The molecule has 0 saturated carbocycles. The van der Waals surface area contributed by atoms with Crippen molar-refractivity contribution in [2.24, 2.45) is 5.14 Å². The first kappa shape index (κ1) is 16.3. The van der Waals surface area contributed by atoms with Crippen LogP contribution in [0.1, 0.15) is 38.3 Å². The minimum absolute atomic E-state index is 0.0331. The number of pyridine rings is 1. The Labute approximate surface area is 120 Å². The van der Waals surface area contributed by atoms with Crippen LogP contribution in [0, 0.1) is 5.82 Å². The van der Waals surface area contributed by atoms with Gasteiger partial charge in [0, 0.05) is 12.1 Å². The van der Waals surface area contributed by atoms with Gasteiger partial charge in [-0.05, 0) is 32.8 Å². The Hall–Kier alpha value is -0.780. The molecule has 1 aromatic heterocycles. The molecule has 0 aliphatic rings. The highest BCUT2D eigenvalue weighted by Crippen LogP contribution is 2.33. The van der Waals surface area contributed by atoms with Crippen molar-refractivity contribution in [2.75, 3.05) is 0 Å². The van der Waals surface area contributed by atoms with E-state index in [0.29, 0.717) is 12.8 Å². The van der Waals surface area contributed by atoms with Gasteiger partial charge in [-0.15, -0.1) is 6.58 Å². The quantitative estimate of drug-likeness (QED) is 0.820. The Morgan fingerprint density at radius 3 is 2.84 bits per heavy atom. The zero-order chi connectivity index (χ0) is 14.6. The lowest BCUT2D eigenvalue weighted by molar-refractivity contribution is 0.486. The highest BCUT2D eigenvalue weighted by Gasteiger charge is 2.30. The fraction of sp³-hybridized carbons (Fsp3) is 0.462. The van der Waals surface area contributed by atoms with Gasteiger partial charge in [0.1, 0.15) is 0 Å². The topological polar surface area (TPSA) is 56.0 Å². The Morgan fingerprint density at radius 1 is 1.68 bits per heavy atom. The number of halogens is 2. The monoisotopic (exact) mass is 304 g/mol. The molecule has 2 atom stereocenters. The van der Waals surface area contributed by atoms with Gasteiger partial charge in [-0.1, -0.05) is 17.7 Å². The fourth-order valence-electron chi connectivity index (χ4n) is 1.89. The molecule has 19 heavy (non-hydrogen) atoms. The van der Waals surface area contributed by atoms with Gasteiger partial charge in [-0.3, -0.25) is 10.1 Å². The van der Waals surface area contributed by atoms with E-state index < -0.39 is 21.5 Å². The van der Waals surface area contributed by atoms with Crippen molar-refractivity contribution in [3.05, 3.63) is 41.5 Å². The van der Waals surface area contributed by atoms with Crippen LogP contribution in [0.4, 0.5) is 4.39 Å². The molecule has 1 heterocycles. The van der Waals surface area contributed by atoms with Crippen LogP contribution in [0.15, 0.2) is 24.9 Å². The van der Waals surface area contributed by atoms with E-state index in [1.165, 1.54) is 12.3 Å². The lowest BCUT2D eigenvalue weighted by atomic mass is 9.90. The average Bonchev–Trinajstić information content (AvgIpc) is 2.32. The van der Waals surface area contributed by atoms with E-state index in [1.54, 1.807) is 19.9 Å². The van der Waals surface area contributed by atoms with E-state index in [2.05, 4.69) is 11.6 Å². The number of allylic oxidation sites excluding steroid dienone is 1. The average molecular weight is 305 g/mol. The van der Waals surface area contributed by atoms with E-state index in [9.17, 15) is 8.60 Å². The molecule has 0 spiro atoms. The van der Waals surface area contributed by atoms with Crippen molar-refractivity contribution >= 4 is 22.6 Å². The van der Waals surface area contributed by atoms with Gasteiger partial charge in [0.05, 0.1) is 26.4 Å². The first-order valence-electron chi connectivity index (χ1n) is 5.86. The van der Waals surface area contributed by atoms with Crippen molar-refractivity contribution in [3.8, 4) is 0 Å². The molecule has 106 valence electrons. The van der Waals surface area contributed by atoms with Crippen molar-refractivity contribution < 1.29 is 8.60 Å². The van der Waals surface area contributed by atoms with Crippen LogP contribution in [0.3, 0.4) is 0 Å². The summed E-state index contributed by atoms with van der Waals surface area (Å²) < 4.78 is 24.9. The summed E-state index contributed by atoms with van der Waals surface area (Å²) in [4.78, 5) is 4.05. The van der Waals surface area contributed by atoms with E-state index in [-0.39, 0.29) is 16.6 Å². The van der Waals surface area contributed by atoms with Gasteiger partial charge in [0.2, 0.25) is 0 Å². The smallest absolute Gasteiger partial charge is 0.163 e. The van der Waals surface area contributed by atoms with Gasteiger partial charge < -0.3 is 0 Å². The maximum absolute atomic E-state index is 14.0. The van der Waals surface area contributed by atoms with Gasteiger partial charge in [-0.2, -0.15) is 0 Å². The van der Waals surface area contributed by atoms with Gasteiger partial charge >= 0.3 is 0 Å². The molecule has 1 rings (SSSR count). The van der Waals surface area contributed by atoms with Crippen molar-refractivity contribution in [1.29, 1.82) is 0 Å². The molecule has 0 bridgehead atoms. The maximum atomic E-state index is 14.0. The molecule has 0 saturated heterocycles. The normalized spacial score (nSPS) is 15.0. The van der Waals surface area contributed by atoms with Crippen LogP contribution in [-0.2, 0) is 11.0 Å². The molecule has 0 aliphatic heterocycles. The molecule has 0 fully saturated rings.